The summed E-state index contributed by atoms with van der Waals surface area (Å²) in [6, 6.07) is 11.2. The standard InChI is InChI=1S/C21H23ClN6O/c1-13(12-27(2)3)25-18-10-20(29)28(4)19-6-5-14(9-15(18)19)26-17-7-8-24-21(22)16(17)11-23/h5-10,13,25H,12H2,1-4H3,(H,24,26). The number of nitriles is 1. The molecular formula is C21H23ClN6O. The van der Waals surface area contributed by atoms with E-state index >= 15 is 0 Å². The molecule has 0 saturated carbocycles. The SMILES string of the molecule is CC(CN(C)C)Nc1cc(=O)n(C)c2ccc(Nc3ccnc(Cl)c3C#N)cc12. The fourth-order valence-electron chi connectivity index (χ4n) is 3.32. The van der Waals surface area contributed by atoms with Gasteiger partial charge in [0.2, 0.25) is 0 Å². The maximum Gasteiger partial charge on any atom is 0.252 e. The Morgan fingerprint density at radius 1 is 1.28 bits per heavy atom. The molecule has 3 rings (SSSR count). The van der Waals surface area contributed by atoms with Gasteiger partial charge in [0.05, 0.1) is 11.2 Å². The highest BCUT2D eigenvalue weighted by Crippen LogP contribution is 2.29. The van der Waals surface area contributed by atoms with Crippen LogP contribution < -0.4 is 16.2 Å². The fourth-order valence-corrected chi connectivity index (χ4v) is 3.52. The Hall–Kier alpha value is -3.08. The number of likely N-dealkylation sites (N-methyl/N-ethyl adjacent to an activating group) is 1. The van der Waals surface area contributed by atoms with Gasteiger partial charge in [0.1, 0.15) is 16.8 Å². The van der Waals surface area contributed by atoms with Crippen LogP contribution in [0.2, 0.25) is 5.15 Å². The summed E-state index contributed by atoms with van der Waals surface area (Å²) in [5, 5.41) is 17.1. The zero-order valence-electron chi connectivity index (χ0n) is 16.8. The second-order valence-electron chi connectivity index (χ2n) is 7.26. The number of aryl methyl sites for hydroxylation is 1. The number of aromatic nitrogens is 2. The third-order valence-electron chi connectivity index (χ3n) is 4.58. The smallest absolute Gasteiger partial charge is 0.252 e. The van der Waals surface area contributed by atoms with Crippen molar-refractivity contribution in [3.63, 3.8) is 0 Å². The predicted molar refractivity (Wildman–Crippen MR) is 118 cm³/mol. The van der Waals surface area contributed by atoms with Crippen molar-refractivity contribution in [2.24, 2.45) is 7.05 Å². The number of halogens is 1. The van der Waals surface area contributed by atoms with Crippen LogP contribution in [0.25, 0.3) is 10.9 Å². The molecule has 0 aliphatic heterocycles. The monoisotopic (exact) mass is 410 g/mol. The number of rotatable bonds is 6. The van der Waals surface area contributed by atoms with Gasteiger partial charge in [0.15, 0.2) is 0 Å². The lowest BCUT2D eigenvalue weighted by atomic mass is 10.1. The van der Waals surface area contributed by atoms with Crippen molar-refractivity contribution >= 4 is 39.6 Å². The molecule has 0 aliphatic carbocycles. The fraction of sp³-hybridized carbons (Fsp3) is 0.286. The van der Waals surface area contributed by atoms with Gasteiger partial charge in [-0.25, -0.2) is 4.98 Å². The Kier molecular flexibility index (Phi) is 6.06. The first-order valence-electron chi connectivity index (χ1n) is 9.17. The van der Waals surface area contributed by atoms with Crippen LogP contribution in [0.1, 0.15) is 12.5 Å². The van der Waals surface area contributed by atoms with Gasteiger partial charge in [-0.1, -0.05) is 11.6 Å². The molecule has 0 saturated heterocycles. The largest absolute Gasteiger partial charge is 0.381 e. The van der Waals surface area contributed by atoms with E-state index < -0.39 is 0 Å². The molecule has 2 N–H and O–H groups in total. The first-order valence-corrected chi connectivity index (χ1v) is 9.54. The van der Waals surface area contributed by atoms with Gasteiger partial charge in [-0.3, -0.25) is 4.79 Å². The van der Waals surface area contributed by atoms with Gasteiger partial charge in [0, 0.05) is 48.7 Å². The molecule has 1 atom stereocenters. The van der Waals surface area contributed by atoms with E-state index in [1.54, 1.807) is 29.9 Å². The van der Waals surface area contributed by atoms with Gasteiger partial charge in [0.25, 0.3) is 5.56 Å². The van der Waals surface area contributed by atoms with E-state index in [0.29, 0.717) is 5.69 Å². The maximum atomic E-state index is 12.4. The molecule has 0 fully saturated rings. The molecule has 1 unspecified atom stereocenters. The Morgan fingerprint density at radius 2 is 2.03 bits per heavy atom. The predicted octanol–water partition coefficient (Wildman–Crippen LogP) is 3.56. The number of fused-ring (bicyclic) bond motifs is 1. The van der Waals surface area contributed by atoms with Gasteiger partial charge >= 0.3 is 0 Å². The van der Waals surface area contributed by atoms with Crippen LogP contribution in [0, 0.1) is 11.3 Å². The normalized spacial score (nSPS) is 12.0. The molecule has 0 amide bonds. The molecule has 0 bridgehead atoms. The van der Waals surface area contributed by atoms with E-state index in [4.69, 9.17) is 11.6 Å². The van der Waals surface area contributed by atoms with Gasteiger partial charge in [-0.15, -0.1) is 0 Å². The van der Waals surface area contributed by atoms with Crippen molar-refractivity contribution in [2.45, 2.75) is 13.0 Å². The first-order chi connectivity index (χ1) is 13.8. The maximum absolute atomic E-state index is 12.4. The molecular weight excluding hydrogens is 388 g/mol. The summed E-state index contributed by atoms with van der Waals surface area (Å²) in [5.41, 5.74) is 3.15. The highest BCUT2D eigenvalue weighted by atomic mass is 35.5. The lowest BCUT2D eigenvalue weighted by Gasteiger charge is -2.21. The minimum Gasteiger partial charge on any atom is -0.381 e. The Bertz CT molecular complexity index is 1150. The number of pyridine rings is 2. The molecule has 0 aliphatic rings. The van der Waals surface area contributed by atoms with Crippen LogP contribution in [0.4, 0.5) is 17.1 Å². The third-order valence-corrected chi connectivity index (χ3v) is 4.87. The van der Waals surface area contributed by atoms with Crippen LogP contribution in [-0.2, 0) is 7.05 Å². The van der Waals surface area contributed by atoms with Crippen LogP contribution in [0.15, 0.2) is 41.3 Å². The summed E-state index contributed by atoms with van der Waals surface area (Å²) in [6.07, 6.45) is 1.55. The molecule has 2 heterocycles. The summed E-state index contributed by atoms with van der Waals surface area (Å²) in [6.45, 7) is 2.90. The summed E-state index contributed by atoms with van der Waals surface area (Å²) >= 11 is 6.03. The minimum atomic E-state index is -0.0783. The molecule has 2 aromatic heterocycles. The van der Waals surface area contributed by atoms with Gasteiger partial charge < -0.3 is 20.1 Å². The lowest BCUT2D eigenvalue weighted by molar-refractivity contribution is 0.392. The van der Waals surface area contributed by atoms with Crippen LogP contribution in [0.5, 0.6) is 0 Å². The highest BCUT2D eigenvalue weighted by molar-refractivity contribution is 6.31. The number of anilines is 3. The van der Waals surface area contributed by atoms with E-state index in [-0.39, 0.29) is 22.3 Å². The second-order valence-corrected chi connectivity index (χ2v) is 7.61. The molecule has 0 radical (unpaired) electrons. The molecule has 7 nitrogen and oxygen atoms in total. The summed E-state index contributed by atoms with van der Waals surface area (Å²) in [5.74, 6) is 0. The van der Waals surface area contributed by atoms with Crippen molar-refractivity contribution in [3.05, 3.63) is 57.6 Å². The number of nitrogens with zero attached hydrogens (tertiary/aromatic N) is 4. The molecule has 0 spiro atoms. The zero-order chi connectivity index (χ0) is 21.1. The second kappa shape index (κ2) is 8.52. The number of benzene rings is 1. The number of nitrogens with one attached hydrogen (secondary N) is 2. The summed E-state index contributed by atoms with van der Waals surface area (Å²) in [7, 11) is 5.77. The molecule has 1 aromatic carbocycles. The van der Waals surface area contributed by atoms with Gasteiger partial charge in [-0.2, -0.15) is 5.26 Å². The van der Waals surface area contributed by atoms with Crippen molar-refractivity contribution in [3.8, 4) is 6.07 Å². The topological polar surface area (TPSA) is 86.0 Å². The van der Waals surface area contributed by atoms with E-state index in [0.717, 1.165) is 28.8 Å². The Labute approximate surface area is 174 Å². The molecule has 8 heteroatoms. The lowest BCUT2D eigenvalue weighted by Crippen LogP contribution is -2.30. The average molecular weight is 411 g/mol. The Balaban J connectivity index is 2.05. The van der Waals surface area contributed by atoms with E-state index in [1.807, 2.05) is 32.3 Å². The Morgan fingerprint density at radius 3 is 2.72 bits per heavy atom. The molecule has 150 valence electrons. The first kappa shape index (κ1) is 20.6. The summed E-state index contributed by atoms with van der Waals surface area (Å²) in [4.78, 5) is 18.4. The van der Waals surface area contributed by atoms with Crippen molar-refractivity contribution < 1.29 is 0 Å². The van der Waals surface area contributed by atoms with E-state index in [2.05, 4.69) is 33.5 Å². The van der Waals surface area contributed by atoms with Crippen molar-refractivity contribution in [1.29, 1.82) is 5.26 Å². The third kappa shape index (κ3) is 4.50. The van der Waals surface area contributed by atoms with Crippen molar-refractivity contribution in [1.82, 2.24) is 14.5 Å². The van der Waals surface area contributed by atoms with E-state index in [1.165, 1.54) is 0 Å². The summed E-state index contributed by atoms with van der Waals surface area (Å²) < 4.78 is 1.62. The van der Waals surface area contributed by atoms with Crippen LogP contribution in [-0.4, -0.2) is 41.1 Å². The van der Waals surface area contributed by atoms with Crippen LogP contribution in [0.3, 0.4) is 0 Å². The van der Waals surface area contributed by atoms with Gasteiger partial charge in [-0.05, 0) is 45.3 Å². The van der Waals surface area contributed by atoms with Crippen LogP contribution >= 0.6 is 11.6 Å². The molecule has 29 heavy (non-hydrogen) atoms. The molecule has 3 aromatic rings. The minimum absolute atomic E-state index is 0.0783. The zero-order valence-corrected chi connectivity index (χ0v) is 17.6. The van der Waals surface area contributed by atoms with E-state index in [9.17, 15) is 10.1 Å². The highest BCUT2D eigenvalue weighted by Gasteiger charge is 2.12. The average Bonchev–Trinajstić information content (AvgIpc) is 2.65. The quantitative estimate of drug-likeness (QED) is 0.604. The van der Waals surface area contributed by atoms with Crippen molar-refractivity contribution in [2.75, 3.05) is 31.3 Å². The number of hydrogen-bond donors (Lipinski definition) is 2. The number of hydrogen-bond acceptors (Lipinski definition) is 6.